The molecule has 2 N–H and O–H groups in total. The van der Waals surface area contributed by atoms with Crippen molar-refractivity contribution < 1.29 is 15.0 Å². The van der Waals surface area contributed by atoms with Crippen LogP contribution in [0.4, 0.5) is 5.82 Å². The van der Waals surface area contributed by atoms with E-state index in [1.807, 2.05) is 0 Å². The van der Waals surface area contributed by atoms with Crippen molar-refractivity contribution in [3.8, 4) is 0 Å². The number of hydrogen-bond acceptors (Lipinski definition) is 5. The summed E-state index contributed by atoms with van der Waals surface area (Å²) < 4.78 is 1.40. The fraction of sp³-hybridized carbons (Fsp3) is 0.429. The molecule has 0 aromatic carbocycles. The largest absolute Gasteiger partial charge is 0.476 e. The number of aliphatic hydroxyl groups is 1. The molecule has 0 saturated carbocycles. The standard InChI is InChI=1S/C7H8N4O3/c12-2-1-5-8-9-6-3-4(7(13)14)10-11(5)6/h3,5,12H,1-2H2,(H,13,14). The Labute approximate surface area is 78.7 Å². The third kappa shape index (κ3) is 1.27. The molecule has 0 amide bonds. The van der Waals surface area contributed by atoms with Crippen molar-refractivity contribution in [3.63, 3.8) is 0 Å². The normalized spacial score (nSPS) is 18.5. The summed E-state index contributed by atoms with van der Waals surface area (Å²) in [5.74, 6) is -0.675. The minimum Gasteiger partial charge on any atom is -0.476 e. The lowest BCUT2D eigenvalue weighted by Crippen LogP contribution is -2.08. The van der Waals surface area contributed by atoms with Crippen LogP contribution >= 0.6 is 0 Å². The van der Waals surface area contributed by atoms with E-state index < -0.39 is 5.97 Å². The van der Waals surface area contributed by atoms with Gasteiger partial charge >= 0.3 is 5.97 Å². The predicted octanol–water partition coefficient (Wildman–Crippen LogP) is 0.560. The van der Waals surface area contributed by atoms with E-state index in [4.69, 9.17) is 10.2 Å². The van der Waals surface area contributed by atoms with Crippen molar-refractivity contribution in [3.05, 3.63) is 11.8 Å². The molecule has 1 aromatic heterocycles. The molecule has 0 saturated heterocycles. The lowest BCUT2D eigenvalue weighted by molar-refractivity contribution is 0.0689. The van der Waals surface area contributed by atoms with E-state index in [0.29, 0.717) is 12.2 Å². The van der Waals surface area contributed by atoms with Gasteiger partial charge in [-0.1, -0.05) is 0 Å². The molecule has 14 heavy (non-hydrogen) atoms. The molecule has 0 fully saturated rings. The molecular formula is C7H8N4O3. The van der Waals surface area contributed by atoms with Gasteiger partial charge in [-0.05, 0) is 0 Å². The van der Waals surface area contributed by atoms with E-state index in [1.54, 1.807) is 0 Å². The van der Waals surface area contributed by atoms with Crippen LogP contribution in [-0.2, 0) is 0 Å². The minimum absolute atomic E-state index is 0.0363. The van der Waals surface area contributed by atoms with Crippen LogP contribution in [0.15, 0.2) is 16.3 Å². The Balaban J connectivity index is 2.31. The number of carbonyl (C=O) groups is 1. The molecule has 7 nitrogen and oxygen atoms in total. The smallest absolute Gasteiger partial charge is 0.356 e. The van der Waals surface area contributed by atoms with Crippen LogP contribution in [0.2, 0.25) is 0 Å². The highest BCUT2D eigenvalue weighted by Gasteiger charge is 2.23. The number of hydrogen-bond donors (Lipinski definition) is 2. The lowest BCUT2D eigenvalue weighted by Gasteiger charge is -2.04. The lowest BCUT2D eigenvalue weighted by atomic mass is 10.4. The SMILES string of the molecule is O=C(O)c1cc2n(n1)C(CCO)N=N2. The van der Waals surface area contributed by atoms with Crippen LogP contribution in [0.5, 0.6) is 0 Å². The summed E-state index contributed by atoms with van der Waals surface area (Å²) in [5, 5.41) is 28.8. The second kappa shape index (κ2) is 3.18. The van der Waals surface area contributed by atoms with Gasteiger partial charge < -0.3 is 10.2 Å². The summed E-state index contributed by atoms with van der Waals surface area (Å²) in [6.07, 6.45) is 0.0140. The van der Waals surface area contributed by atoms with E-state index >= 15 is 0 Å². The molecule has 0 spiro atoms. The number of aliphatic hydroxyl groups excluding tert-OH is 1. The summed E-state index contributed by atoms with van der Waals surface area (Å²) in [6, 6.07) is 1.35. The monoisotopic (exact) mass is 196 g/mol. The molecule has 1 aliphatic heterocycles. The van der Waals surface area contributed by atoms with Crippen molar-refractivity contribution in [2.45, 2.75) is 12.6 Å². The van der Waals surface area contributed by atoms with E-state index in [1.165, 1.54) is 10.7 Å². The first kappa shape index (κ1) is 8.82. The van der Waals surface area contributed by atoms with E-state index in [-0.39, 0.29) is 18.5 Å². The molecule has 1 aromatic rings. The Hall–Kier alpha value is -1.76. The highest BCUT2D eigenvalue weighted by molar-refractivity contribution is 5.86. The van der Waals surface area contributed by atoms with Crippen LogP contribution in [0, 0.1) is 0 Å². The van der Waals surface area contributed by atoms with Crippen LogP contribution in [-0.4, -0.2) is 32.6 Å². The first-order valence-electron chi connectivity index (χ1n) is 4.07. The number of nitrogens with zero attached hydrogens (tertiary/aromatic N) is 4. The zero-order valence-electron chi connectivity index (χ0n) is 7.16. The van der Waals surface area contributed by atoms with E-state index in [2.05, 4.69) is 15.3 Å². The number of aromatic nitrogens is 2. The minimum atomic E-state index is -1.09. The average molecular weight is 196 g/mol. The Morgan fingerprint density at radius 2 is 2.43 bits per heavy atom. The first-order chi connectivity index (χ1) is 6.72. The quantitative estimate of drug-likeness (QED) is 0.737. The van der Waals surface area contributed by atoms with Crippen molar-refractivity contribution in [1.82, 2.24) is 9.78 Å². The van der Waals surface area contributed by atoms with E-state index in [0.717, 1.165) is 0 Å². The van der Waals surface area contributed by atoms with Crippen molar-refractivity contribution >= 4 is 11.8 Å². The maximum atomic E-state index is 10.6. The third-order valence-corrected chi connectivity index (χ3v) is 1.90. The van der Waals surface area contributed by atoms with Gasteiger partial charge in [0, 0.05) is 19.1 Å². The van der Waals surface area contributed by atoms with Gasteiger partial charge in [0.15, 0.2) is 17.7 Å². The van der Waals surface area contributed by atoms with Crippen molar-refractivity contribution in [2.75, 3.05) is 6.61 Å². The number of azo groups is 1. The van der Waals surface area contributed by atoms with Gasteiger partial charge in [-0.3, -0.25) is 0 Å². The molecular weight excluding hydrogens is 188 g/mol. The van der Waals surface area contributed by atoms with Gasteiger partial charge in [-0.15, -0.1) is 5.11 Å². The van der Waals surface area contributed by atoms with Gasteiger partial charge in [0.05, 0.1) is 0 Å². The van der Waals surface area contributed by atoms with Gasteiger partial charge in [0.2, 0.25) is 0 Å². The maximum absolute atomic E-state index is 10.6. The summed E-state index contributed by atoms with van der Waals surface area (Å²) in [6.45, 7) is -0.0363. The Bertz CT molecular complexity index is 398. The van der Waals surface area contributed by atoms with Gasteiger partial charge in [0.1, 0.15) is 0 Å². The van der Waals surface area contributed by atoms with Gasteiger partial charge in [0.25, 0.3) is 0 Å². The van der Waals surface area contributed by atoms with E-state index in [9.17, 15) is 4.79 Å². The predicted molar refractivity (Wildman–Crippen MR) is 44.4 cm³/mol. The van der Waals surface area contributed by atoms with Gasteiger partial charge in [-0.25, -0.2) is 9.48 Å². The fourth-order valence-electron chi connectivity index (χ4n) is 1.25. The molecule has 2 rings (SSSR count). The highest BCUT2D eigenvalue weighted by atomic mass is 16.4. The summed E-state index contributed by atoms with van der Waals surface area (Å²) >= 11 is 0. The number of rotatable bonds is 3. The van der Waals surface area contributed by atoms with Crippen LogP contribution in [0.25, 0.3) is 0 Å². The zero-order valence-corrected chi connectivity index (χ0v) is 7.16. The molecule has 0 radical (unpaired) electrons. The second-order valence-electron chi connectivity index (χ2n) is 2.85. The molecule has 1 atom stereocenters. The van der Waals surface area contributed by atoms with Crippen molar-refractivity contribution in [2.24, 2.45) is 10.2 Å². The number of carboxylic acids is 1. The Morgan fingerprint density at radius 3 is 3.07 bits per heavy atom. The molecule has 1 aliphatic rings. The highest BCUT2D eigenvalue weighted by Crippen LogP contribution is 2.29. The topological polar surface area (TPSA) is 100 Å². The first-order valence-corrected chi connectivity index (χ1v) is 4.07. The van der Waals surface area contributed by atoms with Crippen LogP contribution in [0.1, 0.15) is 23.1 Å². The van der Waals surface area contributed by atoms with Crippen LogP contribution < -0.4 is 0 Å². The Kier molecular flexibility index (Phi) is 2.01. The number of aromatic carboxylic acids is 1. The fourth-order valence-corrected chi connectivity index (χ4v) is 1.25. The van der Waals surface area contributed by atoms with Gasteiger partial charge in [-0.2, -0.15) is 10.2 Å². The second-order valence-corrected chi connectivity index (χ2v) is 2.85. The molecule has 0 aliphatic carbocycles. The van der Waals surface area contributed by atoms with Crippen molar-refractivity contribution in [1.29, 1.82) is 0 Å². The average Bonchev–Trinajstić information content (AvgIpc) is 2.67. The molecule has 0 bridgehead atoms. The molecule has 2 heterocycles. The Morgan fingerprint density at radius 1 is 1.64 bits per heavy atom. The van der Waals surface area contributed by atoms with Crippen LogP contribution in [0.3, 0.4) is 0 Å². The zero-order chi connectivity index (χ0) is 10.1. The number of carboxylic acid groups (broad SMARTS) is 1. The summed E-state index contributed by atoms with van der Waals surface area (Å²) in [7, 11) is 0. The molecule has 1 unspecified atom stereocenters. The summed E-state index contributed by atoms with van der Waals surface area (Å²) in [4.78, 5) is 10.6. The number of fused-ring (bicyclic) bond motifs is 1. The molecule has 7 heteroatoms. The molecule has 74 valence electrons. The summed E-state index contributed by atoms with van der Waals surface area (Å²) in [5.41, 5.74) is -0.0541. The third-order valence-electron chi connectivity index (χ3n) is 1.90. The maximum Gasteiger partial charge on any atom is 0.356 e.